The topological polar surface area (TPSA) is 34.1 Å². The molecule has 0 radical (unpaired) electrons. The van der Waals surface area contributed by atoms with E-state index >= 15 is 0 Å². The van der Waals surface area contributed by atoms with Crippen LogP contribution in [0.25, 0.3) is 0 Å². The minimum Gasteiger partial charge on any atom is -0.375 e. The van der Waals surface area contributed by atoms with Gasteiger partial charge < -0.3 is 10.1 Å². The largest absolute Gasteiger partial charge is 0.375 e. The third kappa shape index (κ3) is 3.26. The van der Waals surface area contributed by atoms with Gasteiger partial charge in [0.25, 0.3) is 0 Å². The Bertz CT molecular complexity index is 275. The van der Waals surface area contributed by atoms with E-state index in [-0.39, 0.29) is 6.10 Å². The molecule has 1 heterocycles. The summed E-state index contributed by atoms with van der Waals surface area (Å²) in [6.07, 6.45) is 2.31. The third-order valence-corrected chi connectivity index (χ3v) is 3.58. The van der Waals surface area contributed by atoms with Crippen LogP contribution in [-0.2, 0) is 17.7 Å². The van der Waals surface area contributed by atoms with E-state index in [0.29, 0.717) is 0 Å². The lowest BCUT2D eigenvalue weighted by Gasteiger charge is -2.03. The van der Waals surface area contributed by atoms with Gasteiger partial charge in [0.2, 0.25) is 0 Å². The molecule has 3 nitrogen and oxygen atoms in total. The number of hydrogen-bond donors (Lipinski definition) is 1. The highest BCUT2D eigenvalue weighted by atomic mass is 32.1. The Morgan fingerprint density at radius 3 is 2.80 bits per heavy atom. The molecular formula is C11H20N2OS. The van der Waals surface area contributed by atoms with Crippen molar-refractivity contribution in [2.24, 2.45) is 0 Å². The van der Waals surface area contributed by atoms with Crippen LogP contribution in [0.2, 0.25) is 0 Å². The van der Waals surface area contributed by atoms with Crippen LogP contribution in [0.3, 0.4) is 0 Å². The molecule has 86 valence electrons. The van der Waals surface area contributed by atoms with Gasteiger partial charge in [-0.25, -0.2) is 4.98 Å². The molecule has 1 unspecified atom stereocenters. The predicted octanol–water partition coefficient (Wildman–Crippen LogP) is 2.52. The number of ether oxygens (including phenoxy) is 1. The summed E-state index contributed by atoms with van der Waals surface area (Å²) in [6.45, 7) is 5.13. The monoisotopic (exact) mass is 228 g/mol. The highest BCUT2D eigenvalue weighted by Gasteiger charge is 2.14. The number of aromatic nitrogens is 1. The van der Waals surface area contributed by atoms with Crippen LogP contribution < -0.4 is 5.32 Å². The standard InChI is InChI=1S/C11H20N2OS/c1-5-6-9-10(7-12-3)15-11(13-9)8(2)14-4/h8,12H,5-7H2,1-4H3. The Kier molecular flexibility index (Phi) is 5.22. The van der Waals surface area contributed by atoms with Crippen molar-refractivity contribution in [1.82, 2.24) is 10.3 Å². The first kappa shape index (κ1) is 12.6. The second-order valence-corrected chi connectivity index (χ2v) is 4.70. The van der Waals surface area contributed by atoms with Crippen molar-refractivity contribution in [1.29, 1.82) is 0 Å². The van der Waals surface area contributed by atoms with E-state index in [1.807, 2.05) is 14.0 Å². The van der Waals surface area contributed by atoms with Gasteiger partial charge in [0.1, 0.15) is 11.1 Å². The zero-order valence-corrected chi connectivity index (χ0v) is 10.8. The molecule has 0 aliphatic rings. The number of hydrogen-bond acceptors (Lipinski definition) is 4. The molecule has 1 aromatic rings. The molecule has 1 aromatic heterocycles. The number of aryl methyl sites for hydroxylation is 1. The summed E-state index contributed by atoms with van der Waals surface area (Å²) in [7, 11) is 3.69. The highest BCUT2D eigenvalue weighted by Crippen LogP contribution is 2.26. The molecule has 1 atom stereocenters. The van der Waals surface area contributed by atoms with Crippen LogP contribution in [-0.4, -0.2) is 19.1 Å². The average molecular weight is 228 g/mol. The van der Waals surface area contributed by atoms with Crippen LogP contribution in [0.15, 0.2) is 0 Å². The minimum absolute atomic E-state index is 0.108. The highest BCUT2D eigenvalue weighted by molar-refractivity contribution is 7.11. The van der Waals surface area contributed by atoms with Gasteiger partial charge in [0.15, 0.2) is 0 Å². The molecular weight excluding hydrogens is 208 g/mol. The average Bonchev–Trinajstić information content (AvgIpc) is 2.62. The van der Waals surface area contributed by atoms with E-state index in [2.05, 4.69) is 17.2 Å². The molecule has 0 saturated carbocycles. The lowest BCUT2D eigenvalue weighted by atomic mass is 10.2. The van der Waals surface area contributed by atoms with Crippen molar-refractivity contribution in [3.8, 4) is 0 Å². The van der Waals surface area contributed by atoms with E-state index in [4.69, 9.17) is 4.74 Å². The van der Waals surface area contributed by atoms with Crippen molar-refractivity contribution in [2.75, 3.05) is 14.2 Å². The van der Waals surface area contributed by atoms with E-state index in [1.165, 1.54) is 10.6 Å². The van der Waals surface area contributed by atoms with E-state index in [0.717, 1.165) is 24.4 Å². The van der Waals surface area contributed by atoms with Crippen molar-refractivity contribution in [3.63, 3.8) is 0 Å². The molecule has 0 bridgehead atoms. The summed E-state index contributed by atoms with van der Waals surface area (Å²) in [6, 6.07) is 0. The molecule has 0 spiro atoms. The first-order valence-electron chi connectivity index (χ1n) is 5.38. The number of methoxy groups -OCH3 is 1. The smallest absolute Gasteiger partial charge is 0.122 e. The Balaban J connectivity index is 2.87. The SMILES string of the molecule is CCCc1nc(C(C)OC)sc1CNC. The fourth-order valence-corrected chi connectivity index (χ4v) is 2.56. The van der Waals surface area contributed by atoms with Gasteiger partial charge >= 0.3 is 0 Å². The first-order valence-corrected chi connectivity index (χ1v) is 6.20. The van der Waals surface area contributed by atoms with Gasteiger partial charge in [0.05, 0.1) is 5.69 Å². The van der Waals surface area contributed by atoms with Crippen molar-refractivity contribution >= 4 is 11.3 Å². The maximum absolute atomic E-state index is 5.29. The van der Waals surface area contributed by atoms with Crippen LogP contribution in [0.5, 0.6) is 0 Å². The van der Waals surface area contributed by atoms with Gasteiger partial charge in [-0.1, -0.05) is 13.3 Å². The molecule has 4 heteroatoms. The predicted molar refractivity (Wildman–Crippen MR) is 64.3 cm³/mol. The van der Waals surface area contributed by atoms with E-state index in [9.17, 15) is 0 Å². The summed E-state index contributed by atoms with van der Waals surface area (Å²) in [5.74, 6) is 0. The Labute approximate surface area is 95.9 Å². The second-order valence-electron chi connectivity index (χ2n) is 3.58. The number of rotatable bonds is 6. The molecule has 1 N–H and O–H groups in total. The number of nitrogens with zero attached hydrogens (tertiary/aromatic N) is 1. The molecule has 0 aliphatic heterocycles. The van der Waals surface area contributed by atoms with Crippen LogP contribution in [0, 0.1) is 0 Å². The summed E-state index contributed by atoms with van der Waals surface area (Å²) in [5.41, 5.74) is 1.23. The minimum atomic E-state index is 0.108. The third-order valence-electron chi connectivity index (χ3n) is 2.32. The molecule has 1 rings (SSSR count). The van der Waals surface area contributed by atoms with Gasteiger partial charge in [-0.3, -0.25) is 0 Å². The fourth-order valence-electron chi connectivity index (χ4n) is 1.41. The van der Waals surface area contributed by atoms with Gasteiger partial charge in [-0.2, -0.15) is 0 Å². The van der Waals surface area contributed by atoms with Crippen molar-refractivity contribution < 1.29 is 4.74 Å². The van der Waals surface area contributed by atoms with Crippen molar-refractivity contribution in [3.05, 3.63) is 15.6 Å². The number of thiazole rings is 1. The maximum Gasteiger partial charge on any atom is 0.122 e. The lowest BCUT2D eigenvalue weighted by Crippen LogP contribution is -2.05. The van der Waals surface area contributed by atoms with E-state index < -0.39 is 0 Å². The van der Waals surface area contributed by atoms with Gasteiger partial charge in [-0.05, 0) is 20.4 Å². The zero-order chi connectivity index (χ0) is 11.3. The summed E-state index contributed by atoms with van der Waals surface area (Å²) in [5, 5.41) is 4.27. The second kappa shape index (κ2) is 6.20. The zero-order valence-electron chi connectivity index (χ0n) is 9.96. The molecule has 15 heavy (non-hydrogen) atoms. The molecule has 0 amide bonds. The van der Waals surface area contributed by atoms with Gasteiger partial charge in [0, 0.05) is 18.5 Å². The summed E-state index contributed by atoms with van der Waals surface area (Å²) >= 11 is 1.76. The maximum atomic E-state index is 5.29. The van der Waals surface area contributed by atoms with Crippen LogP contribution >= 0.6 is 11.3 Å². The first-order chi connectivity index (χ1) is 7.22. The molecule has 0 saturated heterocycles. The van der Waals surface area contributed by atoms with E-state index in [1.54, 1.807) is 18.4 Å². The normalized spacial score (nSPS) is 13.1. The van der Waals surface area contributed by atoms with Crippen molar-refractivity contribution in [2.45, 2.75) is 39.3 Å². The fraction of sp³-hybridized carbons (Fsp3) is 0.727. The summed E-state index contributed by atoms with van der Waals surface area (Å²) < 4.78 is 5.29. The lowest BCUT2D eigenvalue weighted by molar-refractivity contribution is 0.119. The molecule has 0 fully saturated rings. The summed E-state index contributed by atoms with van der Waals surface area (Å²) in [4.78, 5) is 5.99. The Morgan fingerprint density at radius 2 is 2.27 bits per heavy atom. The number of nitrogens with one attached hydrogen (secondary N) is 1. The Morgan fingerprint density at radius 1 is 1.53 bits per heavy atom. The van der Waals surface area contributed by atoms with Crippen LogP contribution in [0.4, 0.5) is 0 Å². The molecule has 0 aromatic carbocycles. The molecule has 0 aliphatic carbocycles. The Hall–Kier alpha value is -0.450. The van der Waals surface area contributed by atoms with Crippen LogP contribution in [0.1, 0.15) is 42.0 Å². The van der Waals surface area contributed by atoms with Gasteiger partial charge in [-0.15, -0.1) is 11.3 Å². The quantitative estimate of drug-likeness (QED) is 0.812.